The summed E-state index contributed by atoms with van der Waals surface area (Å²) in [7, 11) is 3.10. The zero-order valence-electron chi connectivity index (χ0n) is 10.8. The second-order valence-corrected chi connectivity index (χ2v) is 5.74. The number of alkyl halides is 3. The summed E-state index contributed by atoms with van der Waals surface area (Å²) in [5.41, 5.74) is 0. The Morgan fingerprint density at radius 2 is 2.20 bits per heavy atom. The highest BCUT2D eigenvalue weighted by atomic mass is 35.5. The Labute approximate surface area is 123 Å². The molecule has 0 saturated heterocycles. The number of thiazole rings is 1. The average molecular weight is 328 g/mol. The third kappa shape index (κ3) is 5.38. The molecule has 0 amide bonds. The molecule has 112 valence electrons. The van der Waals surface area contributed by atoms with Crippen molar-refractivity contribution in [2.75, 3.05) is 20.6 Å². The van der Waals surface area contributed by atoms with E-state index in [9.17, 15) is 18.0 Å². The number of carbonyl (C=O) groups excluding carboxylic acids is 1. The van der Waals surface area contributed by atoms with Crippen LogP contribution in [0.1, 0.15) is 4.88 Å². The standard InChI is InChI=1S/C11H13ClF3N3OS/c1-18(2)9(5-8(19)11(13,14)15)16-4-3-7-6-17-10(12)20-7/h5-6,16H,3-4H2,1-2H3/b9-5-. The molecule has 0 aliphatic heterocycles. The summed E-state index contributed by atoms with van der Waals surface area (Å²) in [6, 6.07) is 0. The van der Waals surface area contributed by atoms with Gasteiger partial charge in [0.2, 0.25) is 0 Å². The maximum atomic E-state index is 12.2. The summed E-state index contributed by atoms with van der Waals surface area (Å²) in [6.07, 6.45) is -2.17. The van der Waals surface area contributed by atoms with E-state index in [0.29, 0.717) is 23.5 Å². The molecule has 1 aromatic heterocycles. The van der Waals surface area contributed by atoms with Gasteiger partial charge in [0, 0.05) is 44.2 Å². The van der Waals surface area contributed by atoms with Crippen LogP contribution in [0.25, 0.3) is 0 Å². The molecule has 0 aliphatic rings. The van der Waals surface area contributed by atoms with Crippen molar-refractivity contribution < 1.29 is 18.0 Å². The third-order valence-corrected chi connectivity index (χ3v) is 3.41. The smallest absolute Gasteiger partial charge is 0.371 e. The Morgan fingerprint density at radius 1 is 1.55 bits per heavy atom. The van der Waals surface area contributed by atoms with Crippen LogP contribution in [0.2, 0.25) is 4.47 Å². The van der Waals surface area contributed by atoms with Crippen molar-refractivity contribution in [3.63, 3.8) is 0 Å². The van der Waals surface area contributed by atoms with E-state index in [1.54, 1.807) is 20.3 Å². The van der Waals surface area contributed by atoms with Crippen LogP contribution >= 0.6 is 22.9 Å². The normalized spacial score (nSPS) is 12.4. The highest BCUT2D eigenvalue weighted by Gasteiger charge is 2.37. The van der Waals surface area contributed by atoms with Crippen LogP contribution in [0.15, 0.2) is 18.1 Å². The van der Waals surface area contributed by atoms with Crippen LogP contribution in [-0.4, -0.2) is 42.5 Å². The van der Waals surface area contributed by atoms with Crippen LogP contribution in [0.3, 0.4) is 0 Å². The number of allylic oxidation sites excluding steroid dienone is 1. The van der Waals surface area contributed by atoms with Gasteiger partial charge in [-0.05, 0) is 0 Å². The fraction of sp³-hybridized carbons (Fsp3) is 0.455. The fourth-order valence-electron chi connectivity index (χ4n) is 1.26. The molecule has 0 aromatic carbocycles. The van der Waals surface area contributed by atoms with Crippen LogP contribution in [-0.2, 0) is 11.2 Å². The second kappa shape index (κ2) is 6.94. The van der Waals surface area contributed by atoms with Crippen LogP contribution in [0, 0.1) is 0 Å². The fourth-order valence-corrected chi connectivity index (χ4v) is 2.23. The molecule has 9 heteroatoms. The van der Waals surface area contributed by atoms with Gasteiger partial charge in [-0.2, -0.15) is 13.2 Å². The van der Waals surface area contributed by atoms with Crippen LogP contribution in [0.5, 0.6) is 0 Å². The molecule has 4 nitrogen and oxygen atoms in total. The molecule has 0 bridgehead atoms. The predicted octanol–water partition coefficient (Wildman–Crippen LogP) is 2.46. The van der Waals surface area contributed by atoms with Crippen molar-refractivity contribution in [1.29, 1.82) is 0 Å². The van der Waals surface area contributed by atoms with Crippen LogP contribution in [0.4, 0.5) is 13.2 Å². The largest absolute Gasteiger partial charge is 0.454 e. The van der Waals surface area contributed by atoms with Gasteiger partial charge in [-0.15, -0.1) is 11.3 Å². The molecule has 0 fully saturated rings. The lowest BCUT2D eigenvalue weighted by Crippen LogP contribution is -2.30. The molecule has 0 atom stereocenters. The first-order chi connectivity index (χ1) is 9.20. The quantitative estimate of drug-likeness (QED) is 0.815. The summed E-state index contributed by atoms with van der Waals surface area (Å²) in [5.74, 6) is -1.79. The first-order valence-corrected chi connectivity index (χ1v) is 6.74. The summed E-state index contributed by atoms with van der Waals surface area (Å²) in [5, 5.41) is 2.78. The number of hydrogen-bond donors (Lipinski definition) is 1. The van der Waals surface area contributed by atoms with E-state index in [4.69, 9.17) is 11.6 Å². The van der Waals surface area contributed by atoms with Gasteiger partial charge < -0.3 is 10.2 Å². The first kappa shape index (κ1) is 16.8. The highest BCUT2D eigenvalue weighted by molar-refractivity contribution is 7.15. The number of hydrogen-bond acceptors (Lipinski definition) is 5. The van der Waals surface area contributed by atoms with Crippen molar-refractivity contribution in [3.05, 3.63) is 27.4 Å². The molecule has 0 spiro atoms. The summed E-state index contributed by atoms with van der Waals surface area (Å²) in [4.78, 5) is 17.1. The molecule has 0 unspecified atom stereocenters. The molecule has 0 radical (unpaired) electrons. The van der Waals surface area contributed by atoms with E-state index in [1.807, 2.05) is 0 Å². The number of halogens is 4. The van der Waals surface area contributed by atoms with E-state index in [2.05, 4.69) is 10.3 Å². The third-order valence-electron chi connectivity index (χ3n) is 2.23. The number of nitrogens with zero attached hydrogens (tertiary/aromatic N) is 2. The minimum Gasteiger partial charge on any atom is -0.371 e. The van der Waals surface area contributed by atoms with Gasteiger partial charge in [-0.1, -0.05) is 11.6 Å². The number of aromatic nitrogens is 1. The maximum absolute atomic E-state index is 12.2. The van der Waals surface area contributed by atoms with Gasteiger partial charge in [-0.3, -0.25) is 4.79 Å². The van der Waals surface area contributed by atoms with E-state index >= 15 is 0 Å². The summed E-state index contributed by atoms with van der Waals surface area (Å²) >= 11 is 6.97. The SMILES string of the molecule is CN(C)/C(=C\C(=O)C(F)(F)F)NCCc1cnc(Cl)s1. The van der Waals surface area contributed by atoms with Gasteiger partial charge in [0.15, 0.2) is 4.47 Å². The molecule has 20 heavy (non-hydrogen) atoms. The molecule has 1 heterocycles. The zero-order chi connectivity index (χ0) is 15.3. The lowest BCUT2D eigenvalue weighted by molar-refractivity contribution is -0.165. The minimum atomic E-state index is -4.87. The molecule has 0 aliphatic carbocycles. The maximum Gasteiger partial charge on any atom is 0.454 e. The molecular weight excluding hydrogens is 315 g/mol. The van der Waals surface area contributed by atoms with Crippen molar-refractivity contribution in [1.82, 2.24) is 15.2 Å². The van der Waals surface area contributed by atoms with Crippen molar-refractivity contribution in [2.24, 2.45) is 0 Å². The topological polar surface area (TPSA) is 45.2 Å². The van der Waals surface area contributed by atoms with Crippen molar-refractivity contribution in [2.45, 2.75) is 12.6 Å². The van der Waals surface area contributed by atoms with Gasteiger partial charge in [0.25, 0.3) is 5.78 Å². The number of ketones is 1. The lowest BCUT2D eigenvalue weighted by atomic mass is 10.3. The highest BCUT2D eigenvalue weighted by Crippen LogP contribution is 2.18. The predicted molar refractivity (Wildman–Crippen MR) is 71.7 cm³/mol. The molecule has 1 rings (SSSR count). The van der Waals surface area contributed by atoms with Gasteiger partial charge in [0.1, 0.15) is 5.82 Å². The van der Waals surface area contributed by atoms with E-state index in [0.717, 1.165) is 4.88 Å². The Balaban J connectivity index is 2.60. The monoisotopic (exact) mass is 327 g/mol. The zero-order valence-corrected chi connectivity index (χ0v) is 12.4. The Bertz CT molecular complexity index is 499. The number of carbonyl (C=O) groups is 1. The van der Waals surface area contributed by atoms with Crippen LogP contribution < -0.4 is 5.32 Å². The van der Waals surface area contributed by atoms with E-state index in [1.165, 1.54) is 16.2 Å². The lowest BCUT2D eigenvalue weighted by Gasteiger charge is -2.19. The molecule has 1 N–H and O–H groups in total. The number of nitrogens with one attached hydrogen (secondary N) is 1. The van der Waals surface area contributed by atoms with Crippen molar-refractivity contribution in [3.8, 4) is 0 Å². The van der Waals surface area contributed by atoms with Gasteiger partial charge >= 0.3 is 6.18 Å². The average Bonchev–Trinajstić information content (AvgIpc) is 2.72. The number of rotatable bonds is 6. The van der Waals surface area contributed by atoms with Crippen molar-refractivity contribution >= 4 is 28.7 Å². The molecular formula is C11H13ClF3N3OS. The van der Waals surface area contributed by atoms with Gasteiger partial charge in [-0.25, -0.2) is 4.98 Å². The summed E-state index contributed by atoms with van der Waals surface area (Å²) < 4.78 is 37.0. The minimum absolute atomic E-state index is 0.0999. The Kier molecular flexibility index (Phi) is 5.82. The second-order valence-electron chi connectivity index (χ2n) is 4.04. The Hall–Kier alpha value is -1.28. The first-order valence-electron chi connectivity index (χ1n) is 5.54. The Morgan fingerprint density at radius 3 is 2.65 bits per heavy atom. The van der Waals surface area contributed by atoms with Gasteiger partial charge in [0.05, 0.1) is 0 Å². The van der Waals surface area contributed by atoms with E-state index in [-0.39, 0.29) is 5.82 Å². The van der Waals surface area contributed by atoms with E-state index < -0.39 is 12.0 Å². The molecule has 1 aromatic rings. The molecule has 0 saturated carbocycles. The summed E-state index contributed by atoms with van der Waals surface area (Å²) in [6.45, 7) is 0.369.